The third kappa shape index (κ3) is 4.10. The molecule has 160 valence electrons. The first-order valence-corrected chi connectivity index (χ1v) is 11.7. The highest BCUT2D eigenvalue weighted by Gasteiger charge is 2.24. The molecule has 0 radical (unpaired) electrons. The minimum atomic E-state index is -3.40. The molecule has 1 fully saturated rings. The molecule has 3 aromatic rings. The number of methoxy groups -OCH3 is 1. The molecule has 1 aliphatic rings. The zero-order valence-electron chi connectivity index (χ0n) is 17.8. The average molecular weight is 428 g/mol. The van der Waals surface area contributed by atoms with Crippen LogP contribution in [0.15, 0.2) is 53.6 Å². The van der Waals surface area contributed by atoms with Crippen molar-refractivity contribution in [3.05, 3.63) is 59.8 Å². The number of nitrogens with zero attached hydrogens (tertiary/aromatic N) is 2. The van der Waals surface area contributed by atoms with Gasteiger partial charge in [0.05, 0.1) is 12.0 Å². The van der Waals surface area contributed by atoms with Crippen LogP contribution in [0.1, 0.15) is 29.9 Å². The second kappa shape index (κ2) is 8.41. The van der Waals surface area contributed by atoms with Gasteiger partial charge in [0, 0.05) is 37.7 Å². The van der Waals surface area contributed by atoms with Gasteiger partial charge in [0.1, 0.15) is 5.75 Å². The number of benzene rings is 2. The summed E-state index contributed by atoms with van der Waals surface area (Å²) in [6, 6.07) is 13.5. The maximum absolute atomic E-state index is 12.4. The number of hydrogen-bond donors (Lipinski definition) is 1. The lowest BCUT2D eigenvalue weighted by molar-refractivity contribution is 0.205. The van der Waals surface area contributed by atoms with Gasteiger partial charge in [-0.15, -0.1) is 0 Å². The SMILES string of the molecule is COc1ccc2[nH]cc(C3CCN(Cc4cccc(S(=O)(=O)N(C)C)c4)CC3)c2c1. The molecule has 0 atom stereocenters. The quantitative estimate of drug-likeness (QED) is 0.650. The second-order valence-corrected chi connectivity index (χ2v) is 10.3. The van der Waals surface area contributed by atoms with Crippen molar-refractivity contribution >= 4 is 20.9 Å². The maximum atomic E-state index is 12.4. The Bertz CT molecular complexity index is 1130. The van der Waals surface area contributed by atoms with Crippen molar-refractivity contribution in [3.8, 4) is 5.75 Å². The van der Waals surface area contributed by atoms with Gasteiger partial charge < -0.3 is 9.72 Å². The summed E-state index contributed by atoms with van der Waals surface area (Å²) in [4.78, 5) is 6.15. The Morgan fingerprint density at radius 1 is 1.13 bits per heavy atom. The summed E-state index contributed by atoms with van der Waals surface area (Å²) < 4.78 is 31.5. The highest BCUT2D eigenvalue weighted by molar-refractivity contribution is 7.89. The predicted molar refractivity (Wildman–Crippen MR) is 119 cm³/mol. The molecule has 0 aliphatic carbocycles. The standard InChI is InChI=1S/C23H29N3O3S/c1-25(2)30(27,28)20-6-4-5-17(13-20)16-26-11-9-18(10-12-26)22-15-24-23-8-7-19(29-3)14-21(22)23/h4-8,13-15,18,24H,9-12,16H2,1-3H3. The highest BCUT2D eigenvalue weighted by atomic mass is 32.2. The molecule has 0 saturated carbocycles. The minimum absolute atomic E-state index is 0.354. The smallest absolute Gasteiger partial charge is 0.242 e. The number of aromatic amines is 1. The summed E-state index contributed by atoms with van der Waals surface area (Å²) in [5.41, 5.74) is 3.54. The van der Waals surface area contributed by atoms with Crippen LogP contribution in [0, 0.1) is 0 Å². The van der Waals surface area contributed by atoms with E-state index in [-0.39, 0.29) is 0 Å². The van der Waals surface area contributed by atoms with E-state index in [0.29, 0.717) is 10.8 Å². The van der Waals surface area contributed by atoms with Crippen molar-refractivity contribution in [2.24, 2.45) is 0 Å². The Morgan fingerprint density at radius 3 is 2.60 bits per heavy atom. The molecule has 0 bridgehead atoms. The van der Waals surface area contributed by atoms with E-state index in [1.54, 1.807) is 33.3 Å². The number of hydrogen-bond acceptors (Lipinski definition) is 4. The lowest BCUT2D eigenvalue weighted by Crippen LogP contribution is -2.32. The molecule has 0 unspecified atom stereocenters. The molecular formula is C23H29N3O3S. The van der Waals surface area contributed by atoms with Gasteiger partial charge in [0.2, 0.25) is 10.0 Å². The van der Waals surface area contributed by atoms with Crippen LogP contribution < -0.4 is 4.74 Å². The van der Waals surface area contributed by atoms with Crippen LogP contribution in [-0.2, 0) is 16.6 Å². The van der Waals surface area contributed by atoms with Crippen LogP contribution in [0.25, 0.3) is 10.9 Å². The third-order valence-electron chi connectivity index (χ3n) is 6.03. The number of sulfonamides is 1. The lowest BCUT2D eigenvalue weighted by atomic mass is 9.89. The Balaban J connectivity index is 1.44. The van der Waals surface area contributed by atoms with E-state index in [9.17, 15) is 8.42 Å². The fourth-order valence-corrected chi connectivity index (χ4v) is 5.23. The number of ether oxygens (including phenoxy) is 1. The summed E-state index contributed by atoms with van der Waals surface area (Å²) in [5, 5.41) is 1.24. The number of piperidine rings is 1. The van der Waals surface area contributed by atoms with Gasteiger partial charge in [-0.3, -0.25) is 4.90 Å². The first kappa shape index (κ1) is 20.9. The molecular weight excluding hydrogens is 398 g/mol. The maximum Gasteiger partial charge on any atom is 0.242 e. The van der Waals surface area contributed by atoms with Gasteiger partial charge in [-0.25, -0.2) is 12.7 Å². The van der Waals surface area contributed by atoms with Crippen LogP contribution >= 0.6 is 0 Å². The van der Waals surface area contributed by atoms with Crippen LogP contribution in [0.4, 0.5) is 0 Å². The molecule has 2 heterocycles. The number of H-pyrrole nitrogens is 1. The Morgan fingerprint density at radius 2 is 1.90 bits per heavy atom. The van der Waals surface area contributed by atoms with Crippen molar-refractivity contribution < 1.29 is 13.2 Å². The molecule has 4 rings (SSSR count). The first-order chi connectivity index (χ1) is 14.4. The largest absolute Gasteiger partial charge is 0.497 e. The third-order valence-corrected chi connectivity index (χ3v) is 7.84. The van der Waals surface area contributed by atoms with E-state index in [1.807, 2.05) is 18.2 Å². The fourth-order valence-electron chi connectivity index (χ4n) is 4.26. The van der Waals surface area contributed by atoms with Crippen molar-refractivity contribution in [2.45, 2.75) is 30.2 Å². The Hall–Kier alpha value is -2.35. The topological polar surface area (TPSA) is 65.6 Å². The van der Waals surface area contributed by atoms with Gasteiger partial charge in [-0.2, -0.15) is 0 Å². The minimum Gasteiger partial charge on any atom is -0.497 e. The Kier molecular flexibility index (Phi) is 5.86. The summed E-state index contributed by atoms with van der Waals surface area (Å²) in [6.07, 6.45) is 4.31. The van der Waals surface area contributed by atoms with Crippen LogP contribution in [0.2, 0.25) is 0 Å². The first-order valence-electron chi connectivity index (χ1n) is 10.3. The molecule has 1 saturated heterocycles. The van der Waals surface area contributed by atoms with Crippen LogP contribution in [0.3, 0.4) is 0 Å². The molecule has 2 aromatic carbocycles. The molecule has 30 heavy (non-hydrogen) atoms. The molecule has 7 heteroatoms. The van der Waals surface area contributed by atoms with Crippen LogP contribution in [0.5, 0.6) is 5.75 Å². The number of aromatic nitrogens is 1. The summed E-state index contributed by atoms with van der Waals surface area (Å²) in [5.74, 6) is 1.40. The second-order valence-electron chi connectivity index (χ2n) is 8.14. The summed E-state index contributed by atoms with van der Waals surface area (Å²) in [6.45, 7) is 2.75. The molecule has 0 spiro atoms. The highest BCUT2D eigenvalue weighted by Crippen LogP contribution is 2.35. The van der Waals surface area contributed by atoms with E-state index < -0.39 is 10.0 Å². The molecule has 1 N–H and O–H groups in total. The number of fused-ring (bicyclic) bond motifs is 1. The lowest BCUT2D eigenvalue weighted by Gasteiger charge is -2.32. The number of nitrogens with one attached hydrogen (secondary N) is 1. The van der Waals surface area contributed by atoms with E-state index in [2.05, 4.69) is 28.2 Å². The number of likely N-dealkylation sites (tertiary alicyclic amines) is 1. The van der Waals surface area contributed by atoms with Gasteiger partial charge in [0.25, 0.3) is 0 Å². The van der Waals surface area contributed by atoms with Crippen LogP contribution in [-0.4, -0.2) is 56.9 Å². The van der Waals surface area contributed by atoms with Gasteiger partial charge in [-0.05, 0) is 73.3 Å². The van der Waals surface area contributed by atoms with Crippen molar-refractivity contribution in [2.75, 3.05) is 34.3 Å². The van der Waals surface area contributed by atoms with E-state index in [4.69, 9.17) is 4.74 Å². The summed E-state index contributed by atoms with van der Waals surface area (Å²) >= 11 is 0. The zero-order valence-corrected chi connectivity index (χ0v) is 18.6. The summed E-state index contributed by atoms with van der Waals surface area (Å²) in [7, 11) is 1.42. The van der Waals surface area contributed by atoms with Crippen molar-refractivity contribution in [3.63, 3.8) is 0 Å². The molecule has 1 aliphatic heterocycles. The monoisotopic (exact) mass is 427 g/mol. The number of rotatable bonds is 6. The van der Waals surface area contributed by atoms with Crippen molar-refractivity contribution in [1.82, 2.24) is 14.2 Å². The molecule has 0 amide bonds. The fraction of sp³-hybridized carbons (Fsp3) is 0.391. The molecule has 6 nitrogen and oxygen atoms in total. The van der Waals surface area contributed by atoms with E-state index >= 15 is 0 Å². The normalized spacial score (nSPS) is 16.4. The average Bonchev–Trinajstić information content (AvgIpc) is 3.17. The predicted octanol–water partition coefficient (Wildman–Crippen LogP) is 3.81. The Labute approximate surface area is 178 Å². The van der Waals surface area contributed by atoms with E-state index in [0.717, 1.165) is 49.3 Å². The zero-order chi connectivity index (χ0) is 21.3. The van der Waals surface area contributed by atoms with Gasteiger partial charge in [-0.1, -0.05) is 12.1 Å². The van der Waals surface area contributed by atoms with Gasteiger partial charge >= 0.3 is 0 Å². The van der Waals surface area contributed by atoms with E-state index in [1.165, 1.54) is 15.3 Å². The molecule has 1 aromatic heterocycles. The van der Waals surface area contributed by atoms with Gasteiger partial charge in [0.15, 0.2) is 0 Å². The van der Waals surface area contributed by atoms with Crippen molar-refractivity contribution in [1.29, 1.82) is 0 Å².